The van der Waals surface area contributed by atoms with Crippen molar-refractivity contribution in [3.63, 3.8) is 0 Å². The molecule has 0 radical (unpaired) electrons. The molecule has 0 nitrogen and oxygen atoms in total. The van der Waals surface area contributed by atoms with Gasteiger partial charge in [-0.05, 0) is 72.0 Å². The molecule has 6 aliphatic rings. The first kappa shape index (κ1) is 5.02. The molecule has 0 aromatic rings. The summed E-state index contributed by atoms with van der Waals surface area (Å²) in [6, 6.07) is 0. The summed E-state index contributed by atoms with van der Waals surface area (Å²) in [5, 5.41) is 0. The predicted octanol–water partition coefficient (Wildman–Crippen LogP) is 2.30. The lowest BCUT2D eigenvalue weighted by Crippen LogP contribution is -3.01. The van der Waals surface area contributed by atoms with Gasteiger partial charge in [0.05, 0.1) is 0 Å². The zero-order valence-electron chi connectivity index (χ0n) is 7.29. The first-order valence-corrected chi connectivity index (χ1v) is 5.91. The Balaban J connectivity index is 1.69. The Bertz CT molecular complexity index is 284. The van der Waals surface area contributed by atoms with Gasteiger partial charge < -0.3 is 0 Å². The van der Waals surface area contributed by atoms with Crippen LogP contribution < -0.4 is 0 Å². The van der Waals surface area contributed by atoms with Gasteiger partial charge in [0, 0.05) is 0 Å². The third-order valence-corrected chi connectivity index (χ3v) is 7.68. The molecule has 4 unspecified atom stereocenters. The van der Waals surface area contributed by atoms with Crippen LogP contribution in [-0.4, -0.2) is 0 Å². The summed E-state index contributed by atoms with van der Waals surface area (Å²) in [5.74, 6) is 7.68. The highest BCUT2D eigenvalue weighted by molar-refractivity contribution is 5.48. The van der Waals surface area contributed by atoms with Crippen LogP contribution in [0.25, 0.3) is 0 Å². The maximum Gasteiger partial charge on any atom is -0.0142 e. The van der Waals surface area contributed by atoms with Gasteiger partial charge in [-0.15, -0.1) is 0 Å². The third-order valence-electron chi connectivity index (χ3n) is 7.68. The molecule has 0 heterocycles. The van der Waals surface area contributed by atoms with Crippen LogP contribution in [0.4, 0.5) is 0 Å². The molecule has 0 heteroatoms. The van der Waals surface area contributed by atoms with Gasteiger partial charge in [-0.3, -0.25) is 0 Å². The summed E-state index contributed by atoms with van der Waals surface area (Å²) < 4.78 is 0. The fourth-order valence-corrected chi connectivity index (χ4v) is 7.89. The van der Waals surface area contributed by atoms with E-state index in [2.05, 4.69) is 0 Å². The van der Waals surface area contributed by atoms with Crippen LogP contribution in [0.5, 0.6) is 0 Å². The van der Waals surface area contributed by atoms with Crippen LogP contribution in [0.3, 0.4) is 0 Å². The summed E-state index contributed by atoms with van der Waals surface area (Å²) >= 11 is 0. The second kappa shape index (κ2) is 0.952. The Hall–Kier alpha value is 0. The molecule has 6 saturated carbocycles. The number of hydrogen-bond acceptors (Lipinski definition) is 0. The van der Waals surface area contributed by atoms with E-state index < -0.39 is 0 Å². The van der Waals surface area contributed by atoms with Gasteiger partial charge >= 0.3 is 0 Å². The van der Waals surface area contributed by atoms with Gasteiger partial charge in [0.15, 0.2) is 0 Å². The average Bonchev–Trinajstić information content (AvgIpc) is 1.99. The van der Waals surface area contributed by atoms with Crippen LogP contribution in [0.15, 0.2) is 0 Å². The standard InChI is InChI=1S/C12H14/c1-5-2-9-10-4-6-3-8-7(1)11(5,9)12(6,8)10/h5-10H,1-4H2. The molecule has 6 fully saturated rings. The van der Waals surface area contributed by atoms with E-state index in [0.29, 0.717) is 0 Å². The van der Waals surface area contributed by atoms with Crippen LogP contribution in [0.1, 0.15) is 25.7 Å². The lowest BCUT2D eigenvalue weighted by molar-refractivity contribution is -0.588. The maximum absolute atomic E-state index is 1.67. The molecule has 2 spiro atoms. The SMILES string of the molecule is C1C2CC3C4CC5CC6C1C23C564. The smallest absolute Gasteiger partial charge is 0.0142 e. The third kappa shape index (κ3) is 0.170. The number of rotatable bonds is 0. The Labute approximate surface area is 72.7 Å². The molecule has 4 atom stereocenters. The van der Waals surface area contributed by atoms with Crippen molar-refractivity contribution in [1.82, 2.24) is 0 Å². The molecule has 0 amide bonds. The highest BCUT2D eigenvalue weighted by Crippen LogP contribution is 3.06. The predicted molar refractivity (Wildman–Crippen MR) is 44.3 cm³/mol. The largest absolute Gasteiger partial charge is 0.0461 e. The summed E-state index contributed by atoms with van der Waals surface area (Å²) in [6.45, 7) is 0. The Morgan fingerprint density at radius 3 is 1.17 bits per heavy atom. The molecule has 0 aromatic heterocycles. The van der Waals surface area contributed by atoms with Gasteiger partial charge in [-0.1, -0.05) is 0 Å². The molecule has 62 valence electrons. The van der Waals surface area contributed by atoms with E-state index in [1.165, 1.54) is 35.5 Å². The molecule has 6 aliphatic carbocycles. The van der Waals surface area contributed by atoms with Crippen LogP contribution in [0, 0.1) is 46.3 Å². The molecule has 12 heavy (non-hydrogen) atoms. The van der Waals surface area contributed by atoms with Gasteiger partial charge in [0.25, 0.3) is 0 Å². The van der Waals surface area contributed by atoms with Crippen molar-refractivity contribution < 1.29 is 0 Å². The summed E-state index contributed by atoms with van der Waals surface area (Å²) in [4.78, 5) is 0. The molecule has 0 aliphatic heterocycles. The summed E-state index contributed by atoms with van der Waals surface area (Å²) in [7, 11) is 0. The zero-order chi connectivity index (χ0) is 7.29. The monoisotopic (exact) mass is 158 g/mol. The lowest BCUT2D eigenvalue weighted by atomic mass is 8.98. The van der Waals surface area contributed by atoms with E-state index in [0.717, 1.165) is 10.8 Å². The topological polar surface area (TPSA) is 0 Å². The minimum absolute atomic E-state index is 1.07. The fourth-order valence-electron chi connectivity index (χ4n) is 7.89. The first-order chi connectivity index (χ1) is 5.91. The number of fused-ring (bicyclic) bond motifs is 2. The van der Waals surface area contributed by atoms with E-state index in [9.17, 15) is 0 Å². The molecule has 6 rings (SSSR count). The maximum atomic E-state index is 1.67. The van der Waals surface area contributed by atoms with E-state index in [4.69, 9.17) is 0 Å². The highest BCUT2D eigenvalue weighted by Gasteiger charge is 3.01. The summed E-state index contributed by atoms with van der Waals surface area (Å²) in [6.07, 6.45) is 6.68. The molecule has 0 saturated heterocycles. The van der Waals surface area contributed by atoms with Gasteiger partial charge in [-0.25, -0.2) is 0 Å². The van der Waals surface area contributed by atoms with Crippen molar-refractivity contribution in [2.24, 2.45) is 46.3 Å². The van der Waals surface area contributed by atoms with Gasteiger partial charge in [0.2, 0.25) is 0 Å². The average molecular weight is 158 g/mol. The lowest BCUT2D eigenvalue weighted by Gasteiger charge is -3.06. The molecule has 0 N–H and O–H groups in total. The minimum atomic E-state index is 1.07. The minimum Gasteiger partial charge on any atom is -0.0461 e. The first-order valence-electron chi connectivity index (χ1n) is 5.91. The Morgan fingerprint density at radius 2 is 0.917 bits per heavy atom. The van der Waals surface area contributed by atoms with Crippen molar-refractivity contribution in [3.8, 4) is 0 Å². The highest BCUT2D eigenvalue weighted by atomic mass is 15.1. The molecule has 0 aromatic carbocycles. The normalized spacial score (nSPS) is 94.0. The second-order valence-corrected chi connectivity index (χ2v) is 6.63. The fraction of sp³-hybridized carbons (Fsp3) is 1.00. The second-order valence-electron chi connectivity index (χ2n) is 6.63. The molecular formula is C12H14. The van der Waals surface area contributed by atoms with Crippen molar-refractivity contribution in [3.05, 3.63) is 0 Å². The Kier molecular flexibility index (Phi) is 0.398. The van der Waals surface area contributed by atoms with Crippen molar-refractivity contribution in [2.75, 3.05) is 0 Å². The van der Waals surface area contributed by atoms with Gasteiger partial charge in [0.1, 0.15) is 0 Å². The molecule has 0 bridgehead atoms. The van der Waals surface area contributed by atoms with Crippen molar-refractivity contribution in [2.45, 2.75) is 25.7 Å². The van der Waals surface area contributed by atoms with Crippen molar-refractivity contribution in [1.29, 1.82) is 0 Å². The molecular weight excluding hydrogens is 144 g/mol. The van der Waals surface area contributed by atoms with E-state index in [1.54, 1.807) is 25.7 Å². The van der Waals surface area contributed by atoms with Gasteiger partial charge in [-0.2, -0.15) is 0 Å². The van der Waals surface area contributed by atoms with E-state index in [1.807, 2.05) is 0 Å². The van der Waals surface area contributed by atoms with Crippen molar-refractivity contribution >= 4 is 0 Å². The van der Waals surface area contributed by atoms with Crippen LogP contribution >= 0.6 is 0 Å². The van der Waals surface area contributed by atoms with E-state index >= 15 is 0 Å². The quantitative estimate of drug-likeness (QED) is 0.507. The van der Waals surface area contributed by atoms with E-state index in [-0.39, 0.29) is 0 Å². The van der Waals surface area contributed by atoms with Crippen LogP contribution in [-0.2, 0) is 0 Å². The zero-order valence-corrected chi connectivity index (χ0v) is 7.29. The Morgan fingerprint density at radius 1 is 0.583 bits per heavy atom. The summed E-state index contributed by atoms with van der Waals surface area (Å²) in [5.41, 5.74) is 2.15. The van der Waals surface area contributed by atoms with Crippen LogP contribution in [0.2, 0.25) is 0 Å². The number of hydrogen-bond donors (Lipinski definition) is 0.